The van der Waals surface area contributed by atoms with Gasteiger partial charge in [-0.2, -0.15) is 0 Å². The fourth-order valence-corrected chi connectivity index (χ4v) is 1.34. The predicted molar refractivity (Wildman–Crippen MR) is 65.2 cm³/mol. The lowest BCUT2D eigenvalue weighted by Gasteiger charge is -2.09. The van der Waals surface area contributed by atoms with Crippen molar-refractivity contribution >= 4 is 11.4 Å². The maximum Gasteiger partial charge on any atom is 0.326 e. The SMILES string of the molecule is CCC(=N)c1[nH]c(=O)[nH]c(=O)c1NCCOC. The third-order valence-corrected chi connectivity index (χ3v) is 2.21. The number of ether oxygens (including phenoxy) is 1. The molecule has 0 aromatic carbocycles. The Morgan fingerprint density at radius 1 is 1.41 bits per heavy atom. The number of methoxy groups -OCH3 is 1. The minimum atomic E-state index is -0.611. The summed E-state index contributed by atoms with van der Waals surface area (Å²) in [6.45, 7) is 2.63. The second-order valence-electron chi connectivity index (χ2n) is 3.41. The van der Waals surface area contributed by atoms with Gasteiger partial charge in [-0.15, -0.1) is 0 Å². The lowest BCUT2D eigenvalue weighted by atomic mass is 10.2. The summed E-state index contributed by atoms with van der Waals surface area (Å²) in [6, 6.07) is 0. The zero-order chi connectivity index (χ0) is 12.8. The Labute approximate surface area is 97.7 Å². The monoisotopic (exact) mass is 240 g/mol. The van der Waals surface area contributed by atoms with E-state index in [4.69, 9.17) is 10.1 Å². The first-order chi connectivity index (χ1) is 8.10. The van der Waals surface area contributed by atoms with Crippen LogP contribution in [0.15, 0.2) is 9.59 Å². The summed E-state index contributed by atoms with van der Waals surface area (Å²) in [7, 11) is 1.55. The minimum Gasteiger partial charge on any atom is -0.383 e. The van der Waals surface area contributed by atoms with Crippen molar-refractivity contribution in [2.45, 2.75) is 13.3 Å². The van der Waals surface area contributed by atoms with Gasteiger partial charge in [-0.05, 0) is 6.42 Å². The number of H-pyrrole nitrogens is 2. The van der Waals surface area contributed by atoms with E-state index in [9.17, 15) is 9.59 Å². The largest absolute Gasteiger partial charge is 0.383 e. The van der Waals surface area contributed by atoms with E-state index in [1.807, 2.05) is 0 Å². The molecule has 0 saturated heterocycles. The Kier molecular flexibility index (Phi) is 4.65. The third-order valence-electron chi connectivity index (χ3n) is 2.21. The Bertz CT molecular complexity index is 503. The van der Waals surface area contributed by atoms with Crippen molar-refractivity contribution in [1.82, 2.24) is 9.97 Å². The Morgan fingerprint density at radius 2 is 2.12 bits per heavy atom. The number of aromatic amines is 2. The first kappa shape index (κ1) is 13.2. The molecule has 1 aromatic rings. The van der Waals surface area contributed by atoms with Crippen LogP contribution in [0.5, 0.6) is 0 Å². The standard InChI is InChI=1S/C10H16N4O3/c1-3-6(11)7-8(12-4-5-17-2)9(15)14-10(16)13-7/h11-12H,3-5H2,1-2H3,(H2,13,14,15,16). The Hall–Kier alpha value is -1.89. The molecule has 7 heteroatoms. The van der Waals surface area contributed by atoms with Gasteiger partial charge in [0.1, 0.15) is 5.69 Å². The van der Waals surface area contributed by atoms with Gasteiger partial charge in [0.2, 0.25) is 0 Å². The van der Waals surface area contributed by atoms with Gasteiger partial charge in [-0.25, -0.2) is 4.79 Å². The number of hydrogen-bond acceptors (Lipinski definition) is 5. The van der Waals surface area contributed by atoms with E-state index in [1.54, 1.807) is 14.0 Å². The van der Waals surface area contributed by atoms with Gasteiger partial charge in [0.05, 0.1) is 18.0 Å². The number of hydrogen-bond donors (Lipinski definition) is 4. The van der Waals surface area contributed by atoms with Crippen LogP contribution >= 0.6 is 0 Å². The maximum atomic E-state index is 11.6. The summed E-state index contributed by atoms with van der Waals surface area (Å²) in [4.78, 5) is 27.3. The molecule has 0 spiro atoms. The molecule has 4 N–H and O–H groups in total. The molecule has 0 fully saturated rings. The Morgan fingerprint density at radius 3 is 2.71 bits per heavy atom. The molecule has 17 heavy (non-hydrogen) atoms. The molecule has 0 aliphatic heterocycles. The van der Waals surface area contributed by atoms with E-state index in [0.717, 1.165) is 0 Å². The highest BCUT2D eigenvalue weighted by Crippen LogP contribution is 2.06. The molecule has 1 rings (SSSR count). The molecule has 0 bridgehead atoms. The highest BCUT2D eigenvalue weighted by molar-refractivity contribution is 6.00. The van der Waals surface area contributed by atoms with Crippen molar-refractivity contribution in [2.24, 2.45) is 0 Å². The fourth-order valence-electron chi connectivity index (χ4n) is 1.34. The van der Waals surface area contributed by atoms with E-state index in [1.165, 1.54) is 0 Å². The van der Waals surface area contributed by atoms with Crippen molar-refractivity contribution in [3.63, 3.8) is 0 Å². The zero-order valence-electron chi connectivity index (χ0n) is 9.85. The molecule has 0 aliphatic rings. The average molecular weight is 240 g/mol. The van der Waals surface area contributed by atoms with Crippen LogP contribution in [0.25, 0.3) is 0 Å². The van der Waals surface area contributed by atoms with Crippen molar-refractivity contribution < 1.29 is 4.74 Å². The average Bonchev–Trinajstić information content (AvgIpc) is 2.30. The number of nitrogens with one attached hydrogen (secondary N) is 4. The molecule has 0 saturated carbocycles. The van der Waals surface area contributed by atoms with Crippen molar-refractivity contribution in [2.75, 3.05) is 25.6 Å². The summed E-state index contributed by atoms with van der Waals surface area (Å²) in [5.74, 6) is 0. The van der Waals surface area contributed by atoms with Gasteiger partial charge in [-0.1, -0.05) is 6.92 Å². The summed E-state index contributed by atoms with van der Waals surface area (Å²) < 4.78 is 4.85. The predicted octanol–water partition coefficient (Wildman–Crippen LogP) is -0.101. The van der Waals surface area contributed by atoms with Gasteiger partial charge in [-0.3, -0.25) is 9.78 Å². The smallest absolute Gasteiger partial charge is 0.326 e. The van der Waals surface area contributed by atoms with Gasteiger partial charge in [0.15, 0.2) is 0 Å². The van der Waals surface area contributed by atoms with Gasteiger partial charge >= 0.3 is 5.69 Å². The lowest BCUT2D eigenvalue weighted by Crippen LogP contribution is -2.30. The molecule has 0 unspecified atom stereocenters. The van der Waals surface area contributed by atoms with Crippen LogP contribution in [0.1, 0.15) is 19.0 Å². The number of rotatable bonds is 6. The van der Waals surface area contributed by atoms with Crippen molar-refractivity contribution in [3.8, 4) is 0 Å². The molecule has 0 aliphatic carbocycles. The van der Waals surface area contributed by atoms with Crippen molar-refractivity contribution in [3.05, 3.63) is 26.5 Å². The molecule has 1 heterocycles. The van der Waals surface area contributed by atoms with Gasteiger partial charge < -0.3 is 20.4 Å². The second kappa shape index (κ2) is 6.00. The molecule has 0 radical (unpaired) electrons. The van der Waals surface area contributed by atoms with Crippen LogP contribution in [0.2, 0.25) is 0 Å². The first-order valence-corrected chi connectivity index (χ1v) is 5.27. The van der Waals surface area contributed by atoms with Crippen LogP contribution in [-0.2, 0) is 4.74 Å². The molecule has 94 valence electrons. The van der Waals surface area contributed by atoms with Crippen LogP contribution in [0.4, 0.5) is 5.69 Å². The van der Waals surface area contributed by atoms with E-state index in [-0.39, 0.29) is 17.1 Å². The van der Waals surface area contributed by atoms with Crippen LogP contribution in [0.3, 0.4) is 0 Å². The molecule has 0 amide bonds. The normalized spacial score (nSPS) is 10.2. The van der Waals surface area contributed by atoms with Gasteiger partial charge in [0.25, 0.3) is 5.56 Å². The molecular weight excluding hydrogens is 224 g/mol. The second-order valence-corrected chi connectivity index (χ2v) is 3.41. The van der Waals surface area contributed by atoms with Crippen LogP contribution in [0, 0.1) is 5.41 Å². The summed E-state index contributed by atoms with van der Waals surface area (Å²) >= 11 is 0. The molecule has 0 atom stereocenters. The van der Waals surface area contributed by atoms with Crippen LogP contribution < -0.4 is 16.6 Å². The first-order valence-electron chi connectivity index (χ1n) is 5.27. The summed E-state index contributed by atoms with van der Waals surface area (Å²) in [6.07, 6.45) is 0.429. The quantitative estimate of drug-likeness (QED) is 0.411. The van der Waals surface area contributed by atoms with Crippen LogP contribution in [-0.4, -0.2) is 35.9 Å². The topological polar surface area (TPSA) is 111 Å². The number of aromatic nitrogens is 2. The van der Waals surface area contributed by atoms with Gasteiger partial charge in [0, 0.05) is 13.7 Å². The highest BCUT2D eigenvalue weighted by atomic mass is 16.5. The third kappa shape index (κ3) is 3.28. The van der Waals surface area contributed by atoms with E-state index < -0.39 is 11.2 Å². The lowest BCUT2D eigenvalue weighted by molar-refractivity contribution is 0.210. The summed E-state index contributed by atoms with van der Waals surface area (Å²) in [5.41, 5.74) is -0.502. The maximum absolute atomic E-state index is 11.6. The minimum absolute atomic E-state index is 0.202. The summed E-state index contributed by atoms with van der Waals surface area (Å²) in [5, 5.41) is 10.5. The zero-order valence-corrected chi connectivity index (χ0v) is 9.85. The molecule has 7 nitrogen and oxygen atoms in total. The fraction of sp³-hybridized carbons (Fsp3) is 0.500. The highest BCUT2D eigenvalue weighted by Gasteiger charge is 2.11. The van der Waals surface area contributed by atoms with E-state index in [2.05, 4.69) is 15.3 Å². The van der Waals surface area contributed by atoms with E-state index >= 15 is 0 Å². The Balaban J connectivity index is 3.12. The van der Waals surface area contributed by atoms with E-state index in [0.29, 0.717) is 19.6 Å². The van der Waals surface area contributed by atoms with Crippen molar-refractivity contribution in [1.29, 1.82) is 5.41 Å². The molecular formula is C10H16N4O3. The molecule has 1 aromatic heterocycles. The number of anilines is 1.